The van der Waals surface area contributed by atoms with E-state index < -0.39 is 0 Å². The molecule has 2 aromatic rings. The summed E-state index contributed by atoms with van der Waals surface area (Å²) < 4.78 is 6.16. The molecule has 0 spiro atoms. The van der Waals surface area contributed by atoms with Gasteiger partial charge in [0.1, 0.15) is 5.75 Å². The molecule has 1 N–H and O–H groups in total. The van der Waals surface area contributed by atoms with E-state index in [-0.39, 0.29) is 0 Å². The molecule has 0 atom stereocenters. The molecule has 2 nitrogen and oxygen atoms in total. The van der Waals surface area contributed by atoms with Crippen molar-refractivity contribution < 1.29 is 4.74 Å². The van der Waals surface area contributed by atoms with Crippen molar-refractivity contribution in [2.24, 2.45) is 0 Å². The van der Waals surface area contributed by atoms with Crippen LogP contribution in [-0.4, -0.2) is 7.11 Å². The van der Waals surface area contributed by atoms with Crippen molar-refractivity contribution >= 4 is 44.8 Å². The van der Waals surface area contributed by atoms with Crippen LogP contribution in [0.4, 0.5) is 5.69 Å². The van der Waals surface area contributed by atoms with Crippen LogP contribution >= 0.6 is 39.1 Å². The van der Waals surface area contributed by atoms with Crippen LogP contribution in [-0.2, 0) is 6.54 Å². The molecule has 0 amide bonds. The van der Waals surface area contributed by atoms with E-state index in [4.69, 9.17) is 27.9 Å². The number of ether oxygens (including phenoxy) is 1. The van der Waals surface area contributed by atoms with E-state index >= 15 is 0 Å². The van der Waals surface area contributed by atoms with E-state index in [0.717, 1.165) is 21.5 Å². The minimum absolute atomic E-state index is 0.564. The van der Waals surface area contributed by atoms with Gasteiger partial charge in [-0.15, -0.1) is 0 Å². The molecule has 0 unspecified atom stereocenters. The van der Waals surface area contributed by atoms with Crippen LogP contribution in [0.2, 0.25) is 10.0 Å². The molecule has 0 aromatic heterocycles. The van der Waals surface area contributed by atoms with Gasteiger partial charge in [-0.05, 0) is 39.7 Å². The van der Waals surface area contributed by atoms with Gasteiger partial charge >= 0.3 is 0 Å². The second-order valence-electron chi connectivity index (χ2n) is 3.92. The highest BCUT2D eigenvalue weighted by Crippen LogP contribution is 2.29. The van der Waals surface area contributed by atoms with Gasteiger partial charge in [0.15, 0.2) is 0 Å². The van der Waals surface area contributed by atoms with Crippen LogP contribution in [0.25, 0.3) is 0 Å². The molecule has 0 fully saturated rings. The van der Waals surface area contributed by atoms with Crippen LogP contribution in [0.3, 0.4) is 0 Å². The smallest absolute Gasteiger partial charge is 0.135 e. The van der Waals surface area contributed by atoms with Gasteiger partial charge in [-0.1, -0.05) is 35.3 Å². The lowest BCUT2D eigenvalue weighted by atomic mass is 10.2. The third-order valence-electron chi connectivity index (χ3n) is 2.67. The zero-order valence-electron chi connectivity index (χ0n) is 10.2. The van der Waals surface area contributed by atoms with Crippen molar-refractivity contribution in [3.63, 3.8) is 0 Å². The van der Waals surface area contributed by atoms with Gasteiger partial charge in [0, 0.05) is 18.3 Å². The summed E-state index contributed by atoms with van der Waals surface area (Å²) in [4.78, 5) is 0. The van der Waals surface area contributed by atoms with Crippen LogP contribution < -0.4 is 10.1 Å². The van der Waals surface area contributed by atoms with Gasteiger partial charge in [-0.25, -0.2) is 0 Å². The van der Waals surface area contributed by atoms with Gasteiger partial charge in [0.25, 0.3) is 0 Å². The molecule has 0 heterocycles. The molecule has 0 saturated carbocycles. The van der Waals surface area contributed by atoms with Gasteiger partial charge in [-0.2, -0.15) is 0 Å². The molecule has 2 rings (SSSR count). The highest BCUT2D eigenvalue weighted by atomic mass is 79.9. The third kappa shape index (κ3) is 3.56. The first kappa shape index (κ1) is 14.5. The fraction of sp³-hybridized carbons (Fsp3) is 0.143. The van der Waals surface area contributed by atoms with Crippen LogP contribution in [0.1, 0.15) is 5.56 Å². The lowest BCUT2D eigenvalue weighted by molar-refractivity contribution is 0.412. The van der Waals surface area contributed by atoms with E-state index in [0.29, 0.717) is 16.6 Å². The van der Waals surface area contributed by atoms with Crippen molar-refractivity contribution in [1.82, 2.24) is 0 Å². The maximum Gasteiger partial charge on any atom is 0.135 e. The van der Waals surface area contributed by atoms with E-state index in [1.54, 1.807) is 13.2 Å². The van der Waals surface area contributed by atoms with Crippen molar-refractivity contribution in [3.8, 4) is 5.75 Å². The highest BCUT2D eigenvalue weighted by Gasteiger charge is 2.05. The summed E-state index contributed by atoms with van der Waals surface area (Å²) in [5.41, 5.74) is 1.91. The monoisotopic (exact) mass is 359 g/mol. The molecule has 2 aromatic carbocycles. The lowest BCUT2D eigenvalue weighted by Gasteiger charge is -2.11. The largest absolute Gasteiger partial charge is 0.495 e. The van der Waals surface area contributed by atoms with Crippen LogP contribution in [0.5, 0.6) is 5.75 Å². The standard InChI is InChI=1S/C14H12BrCl2NO/c1-19-13-7-10(5-6-11(13)15)18-8-9-3-2-4-12(16)14(9)17/h2-7,18H,8H2,1H3. The number of methoxy groups -OCH3 is 1. The lowest BCUT2D eigenvalue weighted by Crippen LogP contribution is -2.00. The summed E-state index contributed by atoms with van der Waals surface area (Å²) >= 11 is 15.5. The van der Waals surface area contributed by atoms with E-state index in [1.165, 1.54) is 0 Å². The van der Waals surface area contributed by atoms with Gasteiger partial charge < -0.3 is 10.1 Å². The molecule has 5 heteroatoms. The number of hydrogen-bond acceptors (Lipinski definition) is 2. The molecular weight excluding hydrogens is 349 g/mol. The Bertz CT molecular complexity index is 590. The van der Waals surface area contributed by atoms with Crippen molar-refractivity contribution in [2.45, 2.75) is 6.54 Å². The molecule has 0 aliphatic rings. The number of nitrogens with one attached hydrogen (secondary N) is 1. The Kier molecular flexibility index (Phi) is 4.97. The van der Waals surface area contributed by atoms with Gasteiger partial charge in [-0.3, -0.25) is 0 Å². The molecule has 0 aliphatic carbocycles. The first-order chi connectivity index (χ1) is 9.11. The number of rotatable bonds is 4. The molecule has 0 radical (unpaired) electrons. The average Bonchev–Trinajstić information content (AvgIpc) is 2.42. The summed E-state index contributed by atoms with van der Waals surface area (Å²) in [6.07, 6.45) is 0. The molecule has 0 aliphatic heterocycles. The maximum absolute atomic E-state index is 6.14. The second-order valence-corrected chi connectivity index (χ2v) is 5.56. The Morgan fingerprint density at radius 1 is 1.21 bits per heavy atom. The minimum Gasteiger partial charge on any atom is -0.495 e. The minimum atomic E-state index is 0.564. The summed E-state index contributed by atoms with van der Waals surface area (Å²) in [5.74, 6) is 0.780. The molecule has 0 bridgehead atoms. The Morgan fingerprint density at radius 2 is 2.00 bits per heavy atom. The molecular formula is C14H12BrCl2NO. The molecule has 0 saturated heterocycles. The number of hydrogen-bond donors (Lipinski definition) is 1. The predicted molar refractivity (Wildman–Crippen MR) is 84.5 cm³/mol. The maximum atomic E-state index is 6.14. The second kappa shape index (κ2) is 6.51. The SMILES string of the molecule is COc1cc(NCc2cccc(Cl)c2Cl)ccc1Br. The van der Waals surface area contributed by atoms with Gasteiger partial charge in [0.2, 0.25) is 0 Å². The third-order valence-corrected chi connectivity index (χ3v) is 4.18. The van der Waals surface area contributed by atoms with Gasteiger partial charge in [0.05, 0.1) is 21.6 Å². The molecule has 100 valence electrons. The fourth-order valence-electron chi connectivity index (χ4n) is 1.65. The van der Waals surface area contributed by atoms with E-state index in [2.05, 4.69) is 21.2 Å². The van der Waals surface area contributed by atoms with Crippen molar-refractivity contribution in [2.75, 3.05) is 12.4 Å². The van der Waals surface area contributed by atoms with Crippen LogP contribution in [0, 0.1) is 0 Å². The normalized spacial score (nSPS) is 10.3. The summed E-state index contributed by atoms with van der Waals surface area (Å²) in [6, 6.07) is 11.4. The zero-order chi connectivity index (χ0) is 13.8. The average molecular weight is 361 g/mol. The first-order valence-corrected chi connectivity index (χ1v) is 7.17. The first-order valence-electron chi connectivity index (χ1n) is 5.62. The number of anilines is 1. The number of halogens is 3. The van der Waals surface area contributed by atoms with E-state index in [1.807, 2.05) is 30.3 Å². The Labute approximate surface area is 130 Å². The zero-order valence-corrected chi connectivity index (χ0v) is 13.3. The summed E-state index contributed by atoms with van der Waals surface area (Å²) in [6.45, 7) is 0.601. The quantitative estimate of drug-likeness (QED) is 0.790. The predicted octanol–water partition coefficient (Wildman–Crippen LogP) is 5.38. The number of benzene rings is 2. The summed E-state index contributed by atoms with van der Waals surface area (Å²) in [5, 5.41) is 4.44. The summed E-state index contributed by atoms with van der Waals surface area (Å²) in [7, 11) is 1.64. The fourth-order valence-corrected chi connectivity index (χ4v) is 2.45. The Balaban J connectivity index is 2.12. The highest BCUT2D eigenvalue weighted by molar-refractivity contribution is 9.10. The van der Waals surface area contributed by atoms with Crippen LogP contribution in [0.15, 0.2) is 40.9 Å². The van der Waals surface area contributed by atoms with Crippen molar-refractivity contribution in [1.29, 1.82) is 0 Å². The Hall–Kier alpha value is -0.900. The topological polar surface area (TPSA) is 21.3 Å². The van der Waals surface area contributed by atoms with Crippen molar-refractivity contribution in [3.05, 3.63) is 56.5 Å². The Morgan fingerprint density at radius 3 is 2.74 bits per heavy atom. The molecule has 19 heavy (non-hydrogen) atoms. The van der Waals surface area contributed by atoms with E-state index in [9.17, 15) is 0 Å².